The van der Waals surface area contributed by atoms with Crippen molar-refractivity contribution in [3.8, 4) is 5.75 Å². The average Bonchev–Trinajstić information content (AvgIpc) is 3.40. The molecule has 35 heavy (non-hydrogen) atoms. The van der Waals surface area contributed by atoms with Gasteiger partial charge in [-0.05, 0) is 49.4 Å². The van der Waals surface area contributed by atoms with Gasteiger partial charge in [0, 0.05) is 13.1 Å². The molecule has 0 aliphatic carbocycles. The van der Waals surface area contributed by atoms with E-state index in [1.54, 1.807) is 14.0 Å². The number of anilines is 1. The molecule has 2 amide bonds. The number of thiazole rings is 1. The standard InChI is InChI=1S/C24H25N5O4S2/c1-13-5-4-8-28(10-13)18(30)11-29-12-25-22-19(23(29)32)14(2)20(35-22)21(31)27-24-26-16-7-6-15(33-3)9-17(16)34-24/h6-7,9,12-13H,4-5,8,10-11H2,1-3H3,(H,26,27,31). The fraction of sp³-hybridized carbons (Fsp3) is 0.375. The predicted molar refractivity (Wildman–Crippen MR) is 138 cm³/mol. The van der Waals surface area contributed by atoms with Gasteiger partial charge in [-0.2, -0.15) is 0 Å². The number of carbonyl (C=O) groups excluding carboxylic acids is 2. The highest BCUT2D eigenvalue weighted by molar-refractivity contribution is 7.23. The molecule has 9 nitrogen and oxygen atoms in total. The maximum absolute atomic E-state index is 13.2. The Morgan fingerprint density at radius 1 is 1.29 bits per heavy atom. The molecule has 1 aliphatic rings. The molecule has 1 aliphatic heterocycles. The van der Waals surface area contributed by atoms with E-state index < -0.39 is 0 Å². The molecule has 11 heteroatoms. The SMILES string of the molecule is COc1ccc2nc(NC(=O)c3sc4ncn(CC(=O)N5CCCC(C)C5)c(=O)c4c3C)sc2c1. The first kappa shape index (κ1) is 23.4. The van der Waals surface area contributed by atoms with Crippen LogP contribution in [0.2, 0.25) is 0 Å². The van der Waals surface area contributed by atoms with Crippen LogP contribution in [0.15, 0.2) is 29.3 Å². The lowest BCUT2D eigenvalue weighted by molar-refractivity contribution is -0.133. The van der Waals surface area contributed by atoms with Crippen molar-refractivity contribution in [2.75, 3.05) is 25.5 Å². The van der Waals surface area contributed by atoms with Crippen LogP contribution in [0.1, 0.15) is 35.0 Å². The lowest BCUT2D eigenvalue weighted by atomic mass is 10.0. The molecule has 182 valence electrons. The molecule has 0 saturated carbocycles. The van der Waals surface area contributed by atoms with E-state index in [0.29, 0.717) is 44.8 Å². The van der Waals surface area contributed by atoms with Gasteiger partial charge in [0.05, 0.1) is 33.9 Å². The van der Waals surface area contributed by atoms with Gasteiger partial charge in [0.2, 0.25) is 5.91 Å². The van der Waals surface area contributed by atoms with Crippen LogP contribution in [-0.4, -0.2) is 51.4 Å². The highest BCUT2D eigenvalue weighted by Crippen LogP contribution is 2.31. The Bertz CT molecular complexity index is 1510. The Kier molecular flexibility index (Phi) is 6.28. The van der Waals surface area contributed by atoms with Crippen LogP contribution in [-0.2, 0) is 11.3 Å². The maximum atomic E-state index is 13.2. The zero-order chi connectivity index (χ0) is 24.7. The smallest absolute Gasteiger partial charge is 0.267 e. The van der Waals surface area contributed by atoms with Gasteiger partial charge in [-0.3, -0.25) is 24.3 Å². The molecule has 1 unspecified atom stereocenters. The number of benzene rings is 1. The van der Waals surface area contributed by atoms with Crippen molar-refractivity contribution in [2.24, 2.45) is 5.92 Å². The summed E-state index contributed by atoms with van der Waals surface area (Å²) in [4.78, 5) is 50.6. The van der Waals surface area contributed by atoms with Crippen LogP contribution in [0.3, 0.4) is 0 Å². The van der Waals surface area contributed by atoms with Crippen molar-refractivity contribution in [1.82, 2.24) is 19.4 Å². The van der Waals surface area contributed by atoms with E-state index in [1.807, 2.05) is 23.1 Å². The van der Waals surface area contributed by atoms with E-state index in [2.05, 4.69) is 22.2 Å². The summed E-state index contributed by atoms with van der Waals surface area (Å²) in [6.45, 7) is 5.24. The number of amides is 2. The second kappa shape index (κ2) is 9.38. The van der Waals surface area contributed by atoms with Crippen LogP contribution in [0.4, 0.5) is 5.13 Å². The maximum Gasteiger partial charge on any atom is 0.267 e. The summed E-state index contributed by atoms with van der Waals surface area (Å²) < 4.78 is 7.48. The predicted octanol–water partition coefficient (Wildman–Crippen LogP) is 3.90. The van der Waals surface area contributed by atoms with Crippen molar-refractivity contribution < 1.29 is 14.3 Å². The average molecular weight is 512 g/mol. The number of methoxy groups -OCH3 is 1. The monoisotopic (exact) mass is 511 g/mol. The Balaban J connectivity index is 1.39. The minimum atomic E-state index is -0.346. The van der Waals surface area contributed by atoms with E-state index >= 15 is 0 Å². The number of hydrogen-bond acceptors (Lipinski definition) is 8. The van der Waals surface area contributed by atoms with Crippen molar-refractivity contribution >= 4 is 60.1 Å². The third-order valence-electron chi connectivity index (χ3n) is 6.25. The second-order valence-electron chi connectivity index (χ2n) is 8.81. The van der Waals surface area contributed by atoms with Crippen LogP contribution in [0.5, 0.6) is 5.75 Å². The number of thiophene rings is 1. The molecule has 0 spiro atoms. The van der Waals surface area contributed by atoms with Gasteiger partial charge in [0.25, 0.3) is 11.5 Å². The van der Waals surface area contributed by atoms with E-state index in [1.165, 1.54) is 22.2 Å². The third kappa shape index (κ3) is 4.53. The number of aromatic nitrogens is 3. The number of ether oxygens (including phenoxy) is 1. The second-order valence-corrected chi connectivity index (χ2v) is 10.8. The fourth-order valence-electron chi connectivity index (χ4n) is 4.39. The topological polar surface area (TPSA) is 106 Å². The molecular weight excluding hydrogens is 486 g/mol. The van der Waals surface area contributed by atoms with Gasteiger partial charge < -0.3 is 9.64 Å². The highest BCUT2D eigenvalue weighted by atomic mass is 32.1. The molecular formula is C24H25N5O4S2. The lowest BCUT2D eigenvalue weighted by Crippen LogP contribution is -2.42. The zero-order valence-electron chi connectivity index (χ0n) is 19.7. The zero-order valence-corrected chi connectivity index (χ0v) is 21.3. The summed E-state index contributed by atoms with van der Waals surface area (Å²) in [5, 5.41) is 3.67. The normalized spacial score (nSPS) is 16.1. The lowest BCUT2D eigenvalue weighted by Gasteiger charge is -2.31. The molecule has 4 aromatic rings. The molecule has 1 aromatic carbocycles. The summed E-state index contributed by atoms with van der Waals surface area (Å²) in [5.74, 6) is 0.747. The number of piperidine rings is 1. The number of hydrogen-bond donors (Lipinski definition) is 1. The number of fused-ring (bicyclic) bond motifs is 2. The Morgan fingerprint density at radius 3 is 2.89 bits per heavy atom. The Morgan fingerprint density at radius 2 is 2.11 bits per heavy atom. The number of aryl methyl sites for hydroxylation is 1. The molecule has 1 fully saturated rings. The molecule has 1 atom stereocenters. The van der Waals surface area contributed by atoms with Crippen LogP contribution in [0, 0.1) is 12.8 Å². The van der Waals surface area contributed by atoms with Crippen LogP contribution < -0.4 is 15.6 Å². The molecule has 5 rings (SSSR count). The van der Waals surface area contributed by atoms with Gasteiger partial charge in [0.1, 0.15) is 17.1 Å². The fourth-order valence-corrected chi connectivity index (χ4v) is 6.31. The quantitative estimate of drug-likeness (QED) is 0.436. The number of rotatable bonds is 5. The Labute approximate surface area is 209 Å². The molecule has 1 N–H and O–H groups in total. The van der Waals surface area contributed by atoms with Crippen LogP contribution >= 0.6 is 22.7 Å². The van der Waals surface area contributed by atoms with E-state index in [4.69, 9.17) is 4.74 Å². The first-order valence-electron chi connectivity index (χ1n) is 11.4. The molecule has 3 aromatic heterocycles. The van der Waals surface area contributed by atoms with Crippen LogP contribution in [0.25, 0.3) is 20.4 Å². The van der Waals surface area contributed by atoms with E-state index in [9.17, 15) is 14.4 Å². The minimum absolute atomic E-state index is 0.0551. The first-order chi connectivity index (χ1) is 16.8. The minimum Gasteiger partial charge on any atom is -0.497 e. The summed E-state index contributed by atoms with van der Waals surface area (Å²) in [6, 6.07) is 5.52. The number of nitrogens with one attached hydrogen (secondary N) is 1. The third-order valence-corrected chi connectivity index (χ3v) is 8.39. The number of carbonyl (C=O) groups is 2. The van der Waals surface area contributed by atoms with Crippen molar-refractivity contribution in [3.05, 3.63) is 45.3 Å². The number of likely N-dealkylation sites (tertiary alicyclic amines) is 1. The van der Waals surface area contributed by atoms with Gasteiger partial charge >= 0.3 is 0 Å². The first-order valence-corrected chi connectivity index (χ1v) is 13.0. The molecule has 4 heterocycles. The van der Waals surface area contributed by atoms with Gasteiger partial charge in [-0.1, -0.05) is 18.3 Å². The summed E-state index contributed by atoms with van der Waals surface area (Å²) in [6.07, 6.45) is 3.49. The molecule has 0 radical (unpaired) electrons. The van der Waals surface area contributed by atoms with Gasteiger partial charge in [-0.25, -0.2) is 9.97 Å². The largest absolute Gasteiger partial charge is 0.497 e. The highest BCUT2D eigenvalue weighted by Gasteiger charge is 2.24. The molecule has 1 saturated heterocycles. The van der Waals surface area contributed by atoms with Crippen molar-refractivity contribution in [3.63, 3.8) is 0 Å². The van der Waals surface area contributed by atoms with Crippen molar-refractivity contribution in [2.45, 2.75) is 33.2 Å². The van der Waals surface area contributed by atoms with E-state index in [0.717, 1.165) is 40.1 Å². The summed E-state index contributed by atoms with van der Waals surface area (Å²) in [7, 11) is 1.60. The van der Waals surface area contributed by atoms with Crippen molar-refractivity contribution in [1.29, 1.82) is 0 Å². The molecule has 0 bridgehead atoms. The van der Waals surface area contributed by atoms with Gasteiger partial charge in [-0.15, -0.1) is 11.3 Å². The van der Waals surface area contributed by atoms with Gasteiger partial charge in [0.15, 0.2) is 5.13 Å². The van der Waals surface area contributed by atoms with E-state index in [-0.39, 0.29) is 23.9 Å². The Hall–Kier alpha value is -3.31. The number of nitrogens with zero attached hydrogens (tertiary/aromatic N) is 4. The summed E-state index contributed by atoms with van der Waals surface area (Å²) >= 11 is 2.51. The summed E-state index contributed by atoms with van der Waals surface area (Å²) in [5.41, 5.74) is 1.00.